The van der Waals surface area contributed by atoms with E-state index >= 15 is 0 Å². The van der Waals surface area contributed by atoms with Crippen LogP contribution in [0.2, 0.25) is 5.02 Å². The molecule has 0 aromatic heterocycles. The summed E-state index contributed by atoms with van der Waals surface area (Å²) in [6.07, 6.45) is 0. The van der Waals surface area contributed by atoms with Crippen LogP contribution in [0.4, 0.5) is 0 Å². The van der Waals surface area contributed by atoms with Crippen molar-refractivity contribution in [3.05, 3.63) is 34.3 Å². The highest BCUT2D eigenvalue weighted by molar-refractivity contribution is 6.31. The molecule has 0 bridgehead atoms. The van der Waals surface area contributed by atoms with E-state index in [2.05, 4.69) is 5.73 Å². The zero-order valence-electron chi connectivity index (χ0n) is 6.02. The van der Waals surface area contributed by atoms with E-state index < -0.39 is 0 Å². The van der Waals surface area contributed by atoms with E-state index in [4.69, 9.17) is 11.6 Å². The molecule has 0 atom stereocenters. The maximum absolute atomic E-state index is 5.89. The summed E-state index contributed by atoms with van der Waals surface area (Å²) >= 11 is 5.89. The number of quaternary nitrogens is 1. The molecule has 0 saturated carbocycles. The summed E-state index contributed by atoms with van der Waals surface area (Å²) in [6.45, 7) is 2.82. The van der Waals surface area contributed by atoms with Crippen LogP contribution in [0.5, 0.6) is 0 Å². The highest BCUT2D eigenvalue weighted by Gasteiger charge is 2.00. The standard InChI is InChI=1S/C8H10ClN/c1-6-3-2-4-8(9)7(6)5-10/h2-4H,5,10H2,1H3/p+1. The average molecular weight is 157 g/mol. The summed E-state index contributed by atoms with van der Waals surface area (Å²) in [5.74, 6) is 0. The molecule has 10 heavy (non-hydrogen) atoms. The van der Waals surface area contributed by atoms with Crippen LogP contribution >= 0.6 is 11.6 Å². The van der Waals surface area contributed by atoms with Crippen molar-refractivity contribution in [1.82, 2.24) is 0 Å². The monoisotopic (exact) mass is 156 g/mol. The first-order valence-corrected chi connectivity index (χ1v) is 3.66. The van der Waals surface area contributed by atoms with Gasteiger partial charge in [-0.05, 0) is 18.6 Å². The maximum atomic E-state index is 5.89. The highest BCUT2D eigenvalue weighted by Crippen LogP contribution is 2.17. The van der Waals surface area contributed by atoms with Gasteiger partial charge < -0.3 is 5.73 Å². The molecule has 0 saturated heterocycles. The van der Waals surface area contributed by atoms with Gasteiger partial charge in [-0.2, -0.15) is 0 Å². The van der Waals surface area contributed by atoms with Crippen molar-refractivity contribution in [1.29, 1.82) is 0 Å². The minimum atomic E-state index is 0.769. The van der Waals surface area contributed by atoms with E-state index in [9.17, 15) is 0 Å². The highest BCUT2D eigenvalue weighted by atomic mass is 35.5. The Balaban J connectivity index is 3.17. The van der Waals surface area contributed by atoms with E-state index in [1.165, 1.54) is 5.56 Å². The summed E-state index contributed by atoms with van der Waals surface area (Å²) in [5.41, 5.74) is 6.17. The molecule has 0 radical (unpaired) electrons. The van der Waals surface area contributed by atoms with Crippen molar-refractivity contribution in [3.63, 3.8) is 0 Å². The van der Waals surface area contributed by atoms with Crippen LogP contribution in [-0.2, 0) is 6.54 Å². The third-order valence-electron chi connectivity index (χ3n) is 1.60. The number of rotatable bonds is 1. The van der Waals surface area contributed by atoms with Gasteiger partial charge in [0, 0.05) is 10.6 Å². The summed E-state index contributed by atoms with van der Waals surface area (Å²) in [5, 5.41) is 0.829. The fraction of sp³-hybridized carbons (Fsp3) is 0.250. The molecular weight excluding hydrogens is 146 g/mol. The van der Waals surface area contributed by atoms with Crippen LogP contribution in [0, 0.1) is 6.92 Å². The van der Waals surface area contributed by atoms with Gasteiger partial charge in [0.15, 0.2) is 0 Å². The zero-order valence-corrected chi connectivity index (χ0v) is 6.78. The molecule has 2 heteroatoms. The molecule has 0 aliphatic carbocycles. The minimum absolute atomic E-state index is 0.769. The van der Waals surface area contributed by atoms with Crippen LogP contribution in [-0.4, -0.2) is 0 Å². The summed E-state index contributed by atoms with van der Waals surface area (Å²) in [4.78, 5) is 0. The number of benzene rings is 1. The molecule has 1 nitrogen and oxygen atoms in total. The van der Waals surface area contributed by atoms with Crippen LogP contribution in [0.15, 0.2) is 18.2 Å². The molecular formula is C8H11ClN+. The molecule has 0 aliphatic heterocycles. The topological polar surface area (TPSA) is 27.6 Å². The van der Waals surface area contributed by atoms with Crippen molar-refractivity contribution >= 4 is 11.6 Å². The second-order valence-electron chi connectivity index (χ2n) is 2.29. The lowest BCUT2D eigenvalue weighted by molar-refractivity contribution is -0.386. The molecule has 0 unspecified atom stereocenters. The van der Waals surface area contributed by atoms with Gasteiger partial charge in [-0.3, -0.25) is 0 Å². The first-order chi connectivity index (χ1) is 4.75. The SMILES string of the molecule is Cc1cccc(Cl)c1C[NH3+]. The predicted molar refractivity (Wildman–Crippen MR) is 42.8 cm³/mol. The average Bonchev–Trinajstić information content (AvgIpc) is 1.88. The summed E-state index contributed by atoms with van der Waals surface area (Å²) in [6, 6.07) is 5.90. The van der Waals surface area contributed by atoms with Crippen LogP contribution in [0.3, 0.4) is 0 Å². The number of aryl methyl sites for hydroxylation is 1. The smallest absolute Gasteiger partial charge is 0.101 e. The lowest BCUT2D eigenvalue weighted by Crippen LogP contribution is -2.47. The molecule has 0 aliphatic rings. The quantitative estimate of drug-likeness (QED) is 0.637. The van der Waals surface area contributed by atoms with E-state index in [-0.39, 0.29) is 0 Å². The Kier molecular flexibility index (Phi) is 2.30. The Morgan fingerprint density at radius 2 is 2.20 bits per heavy atom. The first-order valence-electron chi connectivity index (χ1n) is 3.29. The Morgan fingerprint density at radius 3 is 2.60 bits per heavy atom. The normalized spacial score (nSPS) is 9.90. The van der Waals surface area contributed by atoms with Gasteiger partial charge in [-0.15, -0.1) is 0 Å². The molecule has 0 spiro atoms. The lowest BCUT2D eigenvalue weighted by atomic mass is 10.1. The van der Waals surface area contributed by atoms with Gasteiger partial charge in [0.2, 0.25) is 0 Å². The largest absolute Gasteiger partial charge is 0.354 e. The number of hydrogen-bond donors (Lipinski definition) is 1. The molecule has 0 fully saturated rings. The van der Waals surface area contributed by atoms with Crippen molar-refractivity contribution in [2.45, 2.75) is 13.5 Å². The molecule has 3 N–H and O–H groups in total. The fourth-order valence-electron chi connectivity index (χ4n) is 0.983. The second kappa shape index (κ2) is 3.04. The van der Waals surface area contributed by atoms with Crippen LogP contribution in [0.25, 0.3) is 0 Å². The van der Waals surface area contributed by atoms with Crippen molar-refractivity contribution < 1.29 is 5.73 Å². The lowest BCUT2D eigenvalue weighted by Gasteiger charge is -2.01. The molecule has 1 aromatic rings. The van der Waals surface area contributed by atoms with E-state index in [0.29, 0.717) is 0 Å². The molecule has 1 rings (SSSR count). The van der Waals surface area contributed by atoms with Crippen LogP contribution in [0.1, 0.15) is 11.1 Å². The van der Waals surface area contributed by atoms with E-state index in [1.807, 2.05) is 25.1 Å². The fourth-order valence-corrected chi connectivity index (χ4v) is 1.30. The number of hydrogen-bond acceptors (Lipinski definition) is 0. The van der Waals surface area contributed by atoms with Gasteiger partial charge in [0.05, 0.1) is 0 Å². The van der Waals surface area contributed by atoms with Crippen molar-refractivity contribution in [3.8, 4) is 0 Å². The van der Waals surface area contributed by atoms with Gasteiger partial charge in [-0.1, -0.05) is 23.7 Å². The van der Waals surface area contributed by atoms with E-state index in [1.54, 1.807) is 0 Å². The van der Waals surface area contributed by atoms with Crippen molar-refractivity contribution in [2.24, 2.45) is 0 Å². The second-order valence-corrected chi connectivity index (χ2v) is 2.69. The summed E-state index contributed by atoms with van der Waals surface area (Å²) in [7, 11) is 0. The third-order valence-corrected chi connectivity index (χ3v) is 1.96. The number of halogens is 1. The van der Waals surface area contributed by atoms with Gasteiger partial charge in [0.25, 0.3) is 0 Å². The Hall–Kier alpha value is -0.530. The van der Waals surface area contributed by atoms with Gasteiger partial charge in [0.1, 0.15) is 6.54 Å². The Labute approximate surface area is 65.8 Å². The molecule has 54 valence electrons. The third kappa shape index (κ3) is 1.31. The predicted octanol–water partition coefficient (Wildman–Crippen LogP) is 1.39. The van der Waals surface area contributed by atoms with E-state index in [0.717, 1.165) is 17.1 Å². The van der Waals surface area contributed by atoms with Gasteiger partial charge in [-0.25, -0.2) is 0 Å². The van der Waals surface area contributed by atoms with Gasteiger partial charge >= 0.3 is 0 Å². The van der Waals surface area contributed by atoms with Crippen molar-refractivity contribution in [2.75, 3.05) is 0 Å². The first kappa shape index (κ1) is 7.58. The Morgan fingerprint density at radius 1 is 1.50 bits per heavy atom. The maximum Gasteiger partial charge on any atom is 0.101 e. The minimum Gasteiger partial charge on any atom is -0.354 e. The molecule has 0 amide bonds. The Bertz CT molecular complexity index is 212. The van der Waals surface area contributed by atoms with Crippen LogP contribution < -0.4 is 5.73 Å². The summed E-state index contributed by atoms with van der Waals surface area (Å²) < 4.78 is 0. The molecule has 1 aromatic carbocycles. The zero-order chi connectivity index (χ0) is 7.56. The molecule has 0 heterocycles.